The molecule has 1 saturated carbocycles. The maximum absolute atomic E-state index is 12.5. The van der Waals surface area contributed by atoms with Crippen LogP contribution in [0, 0.1) is 0 Å². The Morgan fingerprint density at radius 3 is 2.57 bits per heavy atom. The van der Waals surface area contributed by atoms with E-state index in [4.69, 9.17) is 4.74 Å². The molecule has 0 bridgehead atoms. The van der Waals surface area contributed by atoms with E-state index in [1.54, 1.807) is 37.3 Å². The Morgan fingerprint density at radius 1 is 1.21 bits per heavy atom. The summed E-state index contributed by atoms with van der Waals surface area (Å²) in [4.78, 5) is 35.4. The minimum absolute atomic E-state index is 0.105. The Morgan fingerprint density at radius 2 is 1.93 bits per heavy atom. The number of benzene rings is 1. The summed E-state index contributed by atoms with van der Waals surface area (Å²) in [7, 11) is 0. The molecule has 3 rings (SSSR count). The van der Waals surface area contributed by atoms with Crippen LogP contribution in [0.3, 0.4) is 0 Å². The van der Waals surface area contributed by atoms with E-state index in [0.717, 1.165) is 18.5 Å². The third kappa shape index (κ3) is 5.18. The van der Waals surface area contributed by atoms with Crippen molar-refractivity contribution in [3.05, 3.63) is 52.4 Å². The minimum atomic E-state index is -0.722. The lowest BCUT2D eigenvalue weighted by molar-refractivity contribution is -0.119. The van der Waals surface area contributed by atoms with Crippen molar-refractivity contribution in [1.29, 1.82) is 0 Å². The molecule has 8 nitrogen and oxygen atoms in total. The molecule has 1 aromatic carbocycles. The van der Waals surface area contributed by atoms with Gasteiger partial charge in [-0.2, -0.15) is 5.10 Å². The van der Waals surface area contributed by atoms with Gasteiger partial charge in [0.1, 0.15) is 18.4 Å². The standard InChI is InChI=1S/C20H24N4O4/c1-13(24-19(26)10-9-18(23-24)15-3-4-15)20(27)22-16-5-7-17(8-6-16)28-12-11-21-14(2)25/h5-10,13,15H,3-4,11-12H2,1-2H3,(H,21,25)(H,22,27). The molecule has 2 aromatic rings. The molecule has 8 heteroatoms. The predicted molar refractivity (Wildman–Crippen MR) is 104 cm³/mol. The fourth-order valence-electron chi connectivity index (χ4n) is 2.70. The monoisotopic (exact) mass is 384 g/mol. The summed E-state index contributed by atoms with van der Waals surface area (Å²) in [5.74, 6) is 0.612. The van der Waals surface area contributed by atoms with Crippen LogP contribution in [0.1, 0.15) is 44.3 Å². The number of amides is 2. The SMILES string of the molecule is CC(=O)NCCOc1ccc(NC(=O)C(C)n2nc(C3CC3)ccc2=O)cc1. The minimum Gasteiger partial charge on any atom is -0.492 e. The molecule has 1 heterocycles. The normalized spacial score (nSPS) is 14.2. The van der Waals surface area contributed by atoms with Gasteiger partial charge in [0.2, 0.25) is 11.8 Å². The molecule has 2 N–H and O–H groups in total. The number of hydrogen-bond donors (Lipinski definition) is 2. The number of carbonyl (C=O) groups is 2. The van der Waals surface area contributed by atoms with Crippen molar-refractivity contribution in [2.45, 2.75) is 38.6 Å². The molecule has 148 valence electrons. The summed E-state index contributed by atoms with van der Waals surface area (Å²) < 4.78 is 6.75. The van der Waals surface area contributed by atoms with E-state index in [0.29, 0.717) is 30.5 Å². The van der Waals surface area contributed by atoms with Crippen molar-refractivity contribution in [2.75, 3.05) is 18.5 Å². The molecule has 28 heavy (non-hydrogen) atoms. The summed E-state index contributed by atoms with van der Waals surface area (Å²) in [5, 5.41) is 9.79. The highest BCUT2D eigenvalue weighted by Crippen LogP contribution is 2.38. The van der Waals surface area contributed by atoms with Gasteiger partial charge in [-0.05, 0) is 50.1 Å². The summed E-state index contributed by atoms with van der Waals surface area (Å²) in [6, 6.07) is 9.38. The van der Waals surface area contributed by atoms with Crippen LogP contribution in [0.5, 0.6) is 5.75 Å². The number of anilines is 1. The van der Waals surface area contributed by atoms with Crippen LogP contribution in [-0.2, 0) is 9.59 Å². The second-order valence-corrected chi connectivity index (χ2v) is 6.84. The van der Waals surface area contributed by atoms with Crippen molar-refractivity contribution >= 4 is 17.5 Å². The summed E-state index contributed by atoms with van der Waals surface area (Å²) >= 11 is 0. The lowest BCUT2D eigenvalue weighted by Gasteiger charge is -2.15. The fourth-order valence-corrected chi connectivity index (χ4v) is 2.70. The van der Waals surface area contributed by atoms with Gasteiger partial charge in [0, 0.05) is 24.6 Å². The van der Waals surface area contributed by atoms with Gasteiger partial charge in [0.25, 0.3) is 5.56 Å². The Balaban J connectivity index is 1.57. The van der Waals surface area contributed by atoms with Crippen LogP contribution in [0.4, 0.5) is 5.69 Å². The molecule has 1 fully saturated rings. The zero-order valence-corrected chi connectivity index (χ0v) is 16.0. The van der Waals surface area contributed by atoms with Gasteiger partial charge in [0.15, 0.2) is 0 Å². The zero-order chi connectivity index (χ0) is 20.1. The highest BCUT2D eigenvalue weighted by molar-refractivity contribution is 5.93. The molecule has 2 amide bonds. The molecule has 1 atom stereocenters. The average Bonchev–Trinajstić information content (AvgIpc) is 3.51. The van der Waals surface area contributed by atoms with Crippen LogP contribution in [0.25, 0.3) is 0 Å². The number of carbonyl (C=O) groups excluding carboxylic acids is 2. The van der Waals surface area contributed by atoms with Gasteiger partial charge in [-0.3, -0.25) is 14.4 Å². The second-order valence-electron chi connectivity index (χ2n) is 6.84. The van der Waals surface area contributed by atoms with Crippen LogP contribution in [0.15, 0.2) is 41.2 Å². The smallest absolute Gasteiger partial charge is 0.267 e. The van der Waals surface area contributed by atoms with E-state index in [9.17, 15) is 14.4 Å². The van der Waals surface area contributed by atoms with E-state index in [-0.39, 0.29) is 17.4 Å². The molecule has 0 radical (unpaired) electrons. The first-order valence-electron chi connectivity index (χ1n) is 9.32. The van der Waals surface area contributed by atoms with E-state index in [1.165, 1.54) is 17.7 Å². The largest absolute Gasteiger partial charge is 0.492 e. The second kappa shape index (κ2) is 8.69. The highest BCUT2D eigenvalue weighted by atomic mass is 16.5. The molecule has 1 aliphatic rings. The lowest BCUT2D eigenvalue weighted by atomic mass is 10.2. The quantitative estimate of drug-likeness (QED) is 0.676. The number of nitrogens with zero attached hydrogens (tertiary/aromatic N) is 2. The number of nitrogens with one attached hydrogen (secondary N) is 2. The predicted octanol–water partition coefficient (Wildman–Crippen LogP) is 1.84. The number of ether oxygens (including phenoxy) is 1. The molecule has 0 spiro atoms. The van der Waals surface area contributed by atoms with Gasteiger partial charge < -0.3 is 15.4 Å². The van der Waals surface area contributed by atoms with Gasteiger partial charge >= 0.3 is 0 Å². The Hall–Kier alpha value is -3.16. The van der Waals surface area contributed by atoms with Crippen molar-refractivity contribution < 1.29 is 14.3 Å². The third-order valence-corrected chi connectivity index (χ3v) is 4.45. The summed E-state index contributed by atoms with van der Waals surface area (Å²) in [5.41, 5.74) is 1.16. The van der Waals surface area contributed by atoms with E-state index < -0.39 is 6.04 Å². The zero-order valence-electron chi connectivity index (χ0n) is 16.0. The van der Waals surface area contributed by atoms with Crippen LogP contribution >= 0.6 is 0 Å². The Kier molecular flexibility index (Phi) is 6.08. The van der Waals surface area contributed by atoms with Crippen LogP contribution in [-0.4, -0.2) is 34.7 Å². The van der Waals surface area contributed by atoms with Gasteiger partial charge in [-0.1, -0.05) is 0 Å². The molecule has 1 aliphatic carbocycles. The van der Waals surface area contributed by atoms with Crippen LogP contribution in [0.2, 0.25) is 0 Å². The molecular formula is C20H24N4O4. The van der Waals surface area contributed by atoms with Crippen LogP contribution < -0.4 is 20.9 Å². The van der Waals surface area contributed by atoms with Crippen molar-refractivity contribution in [3.63, 3.8) is 0 Å². The summed E-state index contributed by atoms with van der Waals surface area (Å²) in [6.07, 6.45) is 2.15. The topological polar surface area (TPSA) is 102 Å². The molecule has 0 aliphatic heterocycles. The Labute approximate surface area is 162 Å². The fraction of sp³-hybridized carbons (Fsp3) is 0.400. The van der Waals surface area contributed by atoms with Gasteiger partial charge in [-0.25, -0.2) is 4.68 Å². The van der Waals surface area contributed by atoms with Crippen molar-refractivity contribution in [2.24, 2.45) is 0 Å². The molecule has 1 unspecified atom stereocenters. The Bertz CT molecular complexity index is 903. The van der Waals surface area contributed by atoms with Crippen molar-refractivity contribution in [1.82, 2.24) is 15.1 Å². The number of hydrogen-bond acceptors (Lipinski definition) is 5. The lowest BCUT2D eigenvalue weighted by Crippen LogP contribution is -2.33. The summed E-state index contributed by atoms with van der Waals surface area (Å²) in [6.45, 7) is 3.88. The first-order chi connectivity index (χ1) is 13.4. The number of rotatable bonds is 8. The van der Waals surface area contributed by atoms with E-state index in [2.05, 4.69) is 15.7 Å². The molecule has 1 aromatic heterocycles. The first kappa shape index (κ1) is 19.6. The van der Waals surface area contributed by atoms with E-state index in [1.807, 2.05) is 0 Å². The van der Waals surface area contributed by atoms with Crippen molar-refractivity contribution in [3.8, 4) is 5.75 Å². The molecule has 0 saturated heterocycles. The van der Waals surface area contributed by atoms with E-state index >= 15 is 0 Å². The highest BCUT2D eigenvalue weighted by Gasteiger charge is 2.27. The maximum Gasteiger partial charge on any atom is 0.267 e. The third-order valence-electron chi connectivity index (χ3n) is 4.45. The first-order valence-corrected chi connectivity index (χ1v) is 9.32. The maximum atomic E-state index is 12.5. The van der Waals surface area contributed by atoms with Gasteiger partial charge in [0.05, 0.1) is 12.2 Å². The average molecular weight is 384 g/mol. The molecular weight excluding hydrogens is 360 g/mol. The number of aromatic nitrogens is 2. The van der Waals surface area contributed by atoms with Gasteiger partial charge in [-0.15, -0.1) is 0 Å².